The van der Waals surface area contributed by atoms with E-state index < -0.39 is 0 Å². The van der Waals surface area contributed by atoms with Gasteiger partial charge in [0.05, 0.1) is 0 Å². The predicted octanol–water partition coefficient (Wildman–Crippen LogP) is 14.0. The molecule has 0 saturated heterocycles. The summed E-state index contributed by atoms with van der Waals surface area (Å²) in [5, 5.41) is 8.04. The van der Waals surface area contributed by atoms with Crippen LogP contribution in [0, 0.1) is 0 Å². The zero-order chi connectivity index (χ0) is 33.5. The molecule has 0 heteroatoms. The quantitative estimate of drug-likeness (QED) is 0.166. The summed E-state index contributed by atoms with van der Waals surface area (Å²) in [7, 11) is 0. The monoisotopic (exact) mass is 630 g/mol. The third kappa shape index (κ3) is 4.50. The molecule has 1 aliphatic carbocycles. The highest BCUT2D eigenvalue weighted by Crippen LogP contribution is 2.53. The van der Waals surface area contributed by atoms with E-state index in [9.17, 15) is 0 Å². The van der Waals surface area contributed by atoms with Gasteiger partial charge in [-0.1, -0.05) is 168 Å². The first-order chi connectivity index (χ1) is 23.8. The minimum Gasteiger partial charge on any atom is -0.0642 e. The number of hydrogen-bond acceptors (Lipinski definition) is 0. The molecule has 0 nitrogen and oxygen atoms in total. The van der Waals surface area contributed by atoms with Crippen molar-refractivity contribution in [2.75, 3.05) is 0 Å². The van der Waals surface area contributed by atoms with E-state index in [1.807, 2.05) is 0 Å². The smallest absolute Gasteiger partial charge is 0.0210 e. The van der Waals surface area contributed by atoms with Crippen molar-refractivity contribution >= 4 is 32.3 Å². The van der Waals surface area contributed by atoms with Crippen molar-refractivity contribution in [2.45, 2.75) is 58.3 Å². The molecule has 8 aromatic carbocycles. The van der Waals surface area contributed by atoms with Crippen LogP contribution in [-0.2, 0) is 10.8 Å². The first kappa shape index (κ1) is 29.9. The summed E-state index contributed by atoms with van der Waals surface area (Å²) in [6.07, 6.45) is 2.22. The van der Waals surface area contributed by atoms with Gasteiger partial charge in [-0.15, -0.1) is 0 Å². The summed E-state index contributed by atoms with van der Waals surface area (Å²) in [5.41, 5.74) is 15.0. The topological polar surface area (TPSA) is 0 Å². The third-order valence-corrected chi connectivity index (χ3v) is 11.7. The maximum absolute atomic E-state index is 2.46. The second-order valence-electron chi connectivity index (χ2n) is 15.2. The summed E-state index contributed by atoms with van der Waals surface area (Å²) in [6.45, 7) is 11.6. The molecule has 0 heterocycles. The Morgan fingerprint density at radius 1 is 0.429 bits per heavy atom. The van der Waals surface area contributed by atoms with Crippen LogP contribution < -0.4 is 0 Å². The molecule has 0 unspecified atom stereocenters. The van der Waals surface area contributed by atoms with Crippen LogP contribution >= 0.6 is 0 Å². The molecule has 0 amide bonds. The molecule has 0 aromatic heterocycles. The molecule has 0 N–H and O–H groups in total. The molecule has 0 radical (unpaired) electrons. The maximum atomic E-state index is 2.46. The van der Waals surface area contributed by atoms with Gasteiger partial charge < -0.3 is 0 Å². The molecular weight excluding hydrogens is 589 g/mol. The van der Waals surface area contributed by atoms with E-state index in [-0.39, 0.29) is 10.8 Å². The highest BCUT2D eigenvalue weighted by Gasteiger charge is 2.40. The summed E-state index contributed by atoms with van der Waals surface area (Å²) in [5.74, 6) is 0. The second-order valence-corrected chi connectivity index (χ2v) is 15.2. The Kier molecular flexibility index (Phi) is 6.66. The Hall–Kier alpha value is -5.20. The normalized spacial score (nSPS) is 13.7. The zero-order valence-electron chi connectivity index (χ0n) is 29.2. The van der Waals surface area contributed by atoms with E-state index in [2.05, 4.69) is 174 Å². The lowest BCUT2D eigenvalue weighted by Crippen LogP contribution is -2.23. The first-order valence-corrected chi connectivity index (χ1v) is 18.0. The van der Waals surface area contributed by atoms with Crippen molar-refractivity contribution in [2.24, 2.45) is 0 Å². The van der Waals surface area contributed by atoms with Gasteiger partial charge in [-0.2, -0.15) is 0 Å². The van der Waals surface area contributed by atoms with Crippen molar-refractivity contribution < 1.29 is 0 Å². The van der Waals surface area contributed by atoms with Gasteiger partial charge in [0.1, 0.15) is 0 Å². The van der Waals surface area contributed by atoms with Gasteiger partial charge in [-0.3, -0.25) is 0 Å². The molecule has 0 spiro atoms. The van der Waals surface area contributed by atoms with Crippen LogP contribution in [0.3, 0.4) is 0 Å². The lowest BCUT2D eigenvalue weighted by atomic mass is 9.73. The first-order valence-electron chi connectivity index (χ1n) is 18.0. The van der Waals surface area contributed by atoms with E-state index >= 15 is 0 Å². The van der Waals surface area contributed by atoms with Crippen LogP contribution in [0.25, 0.3) is 76.8 Å². The SMILES string of the molecule is CCC1(CC)c2ccccc2-c2ccc(-c3ccc(-c4ccc(-c5ccc6ccc7cc(C(C)(C)C)cc8ccc5c6c78)cc4)cc3)cc21. The fraction of sp³-hybridized carbons (Fsp3) is 0.184. The fourth-order valence-electron chi connectivity index (χ4n) is 8.85. The molecule has 0 saturated carbocycles. The summed E-state index contributed by atoms with van der Waals surface area (Å²) < 4.78 is 0. The highest BCUT2D eigenvalue weighted by molar-refractivity contribution is 6.25. The Morgan fingerprint density at radius 3 is 1.59 bits per heavy atom. The molecule has 0 fully saturated rings. The van der Waals surface area contributed by atoms with Gasteiger partial charge >= 0.3 is 0 Å². The Bertz CT molecular complexity index is 2500. The van der Waals surface area contributed by atoms with E-state index in [0.29, 0.717) is 0 Å². The van der Waals surface area contributed by atoms with Crippen LogP contribution in [0.15, 0.2) is 140 Å². The average Bonchev–Trinajstić information content (AvgIpc) is 3.42. The molecule has 1 aliphatic rings. The van der Waals surface area contributed by atoms with E-state index in [1.54, 1.807) is 0 Å². The lowest BCUT2D eigenvalue weighted by Gasteiger charge is -2.30. The van der Waals surface area contributed by atoms with Gasteiger partial charge in [-0.05, 0) is 118 Å². The molecule has 0 atom stereocenters. The summed E-state index contributed by atoms with van der Waals surface area (Å²) >= 11 is 0. The van der Waals surface area contributed by atoms with E-state index in [1.165, 1.54) is 93.5 Å². The minimum atomic E-state index is 0.0914. The number of benzene rings is 8. The summed E-state index contributed by atoms with van der Waals surface area (Å²) in [6, 6.07) is 53.0. The van der Waals surface area contributed by atoms with Crippen LogP contribution in [0.1, 0.15) is 64.2 Å². The van der Waals surface area contributed by atoms with Gasteiger partial charge in [-0.25, -0.2) is 0 Å². The van der Waals surface area contributed by atoms with Crippen LogP contribution in [0.4, 0.5) is 0 Å². The van der Waals surface area contributed by atoms with Crippen LogP contribution in [0.2, 0.25) is 0 Å². The zero-order valence-corrected chi connectivity index (χ0v) is 29.2. The molecule has 0 bridgehead atoms. The Morgan fingerprint density at radius 2 is 0.939 bits per heavy atom. The maximum Gasteiger partial charge on any atom is 0.0210 e. The predicted molar refractivity (Wildman–Crippen MR) is 212 cm³/mol. The van der Waals surface area contributed by atoms with Crippen molar-refractivity contribution in [3.05, 3.63) is 156 Å². The molecule has 9 rings (SSSR count). The molecular formula is C49H42. The Balaban J connectivity index is 1.04. The third-order valence-electron chi connectivity index (χ3n) is 11.7. The van der Waals surface area contributed by atoms with Gasteiger partial charge in [0.25, 0.3) is 0 Å². The van der Waals surface area contributed by atoms with Gasteiger partial charge in [0, 0.05) is 5.41 Å². The van der Waals surface area contributed by atoms with Crippen molar-refractivity contribution in [1.29, 1.82) is 0 Å². The molecule has 238 valence electrons. The van der Waals surface area contributed by atoms with Crippen molar-refractivity contribution in [3.8, 4) is 44.5 Å². The second kappa shape index (κ2) is 10.9. The van der Waals surface area contributed by atoms with Gasteiger partial charge in [0.2, 0.25) is 0 Å². The van der Waals surface area contributed by atoms with Crippen molar-refractivity contribution in [1.82, 2.24) is 0 Å². The minimum absolute atomic E-state index is 0.0914. The van der Waals surface area contributed by atoms with Gasteiger partial charge in [0.15, 0.2) is 0 Å². The fourth-order valence-corrected chi connectivity index (χ4v) is 8.85. The summed E-state index contributed by atoms with van der Waals surface area (Å²) in [4.78, 5) is 0. The number of rotatable bonds is 5. The highest BCUT2D eigenvalue weighted by atomic mass is 14.4. The largest absolute Gasteiger partial charge is 0.0642 e. The lowest BCUT2D eigenvalue weighted by molar-refractivity contribution is 0.490. The number of fused-ring (bicyclic) bond motifs is 3. The average molecular weight is 631 g/mol. The van der Waals surface area contributed by atoms with E-state index in [4.69, 9.17) is 0 Å². The van der Waals surface area contributed by atoms with E-state index in [0.717, 1.165) is 12.8 Å². The molecule has 49 heavy (non-hydrogen) atoms. The number of hydrogen-bond donors (Lipinski definition) is 0. The molecule has 8 aromatic rings. The van der Waals surface area contributed by atoms with Crippen LogP contribution in [-0.4, -0.2) is 0 Å². The Labute approximate surface area is 290 Å². The van der Waals surface area contributed by atoms with Crippen LogP contribution in [0.5, 0.6) is 0 Å². The standard InChI is InChI=1S/C49H42/c1-6-49(7-2)44-11-9-8-10-41(44)42-26-23-36(30-45(42)49)33-14-12-31(13-15-33)32-16-18-34(19-17-32)40-25-22-35-20-21-37-28-39(48(3,4)5)29-38-24-27-43(40)47(35)46(37)38/h8-30H,6-7H2,1-5H3. The van der Waals surface area contributed by atoms with Crippen molar-refractivity contribution in [3.63, 3.8) is 0 Å². The molecule has 0 aliphatic heterocycles.